The van der Waals surface area contributed by atoms with E-state index in [4.69, 9.17) is 23.2 Å². The van der Waals surface area contributed by atoms with Crippen LogP contribution in [-0.4, -0.2) is 0 Å². The molecule has 0 spiro atoms. The van der Waals surface area contributed by atoms with Crippen molar-refractivity contribution in [2.24, 2.45) is 0 Å². The minimum absolute atomic E-state index is 0.0606. The molecule has 1 atom stereocenters. The van der Waals surface area contributed by atoms with Crippen LogP contribution >= 0.6 is 34.5 Å². The number of nitrogens with one attached hydrogen (secondary N) is 1. The summed E-state index contributed by atoms with van der Waals surface area (Å²) in [6.45, 7) is 6.19. The van der Waals surface area contributed by atoms with Gasteiger partial charge >= 0.3 is 0 Å². The predicted molar refractivity (Wildman–Crippen MR) is 82.3 cm³/mol. The van der Waals surface area contributed by atoms with Crippen LogP contribution in [0.1, 0.15) is 28.3 Å². The summed E-state index contributed by atoms with van der Waals surface area (Å²) < 4.78 is 13.1. The largest absolute Gasteiger partial charge is 0.376 e. The van der Waals surface area contributed by atoms with E-state index in [-0.39, 0.29) is 6.04 Å². The first-order chi connectivity index (χ1) is 8.88. The van der Waals surface area contributed by atoms with Gasteiger partial charge in [-0.2, -0.15) is 0 Å². The summed E-state index contributed by atoms with van der Waals surface area (Å²) >= 11 is 13.8. The van der Waals surface area contributed by atoms with Crippen molar-refractivity contribution in [3.8, 4) is 0 Å². The maximum atomic E-state index is 13.1. The van der Waals surface area contributed by atoms with E-state index in [1.807, 2.05) is 6.92 Å². The lowest BCUT2D eigenvalue weighted by atomic mass is 10.1. The molecule has 1 unspecified atom stereocenters. The third-order valence-corrected chi connectivity index (χ3v) is 4.49. The highest BCUT2D eigenvalue weighted by Gasteiger charge is 2.15. The van der Waals surface area contributed by atoms with Crippen molar-refractivity contribution in [2.45, 2.75) is 26.8 Å². The zero-order valence-corrected chi connectivity index (χ0v) is 13.2. The SMILES string of the molecule is Cc1cc(C(C)Nc2c(Cl)cc(F)cc2Cl)c(C)s1. The Balaban J connectivity index is 2.29. The monoisotopic (exact) mass is 317 g/mol. The molecule has 0 aliphatic carbocycles. The molecule has 1 nitrogen and oxygen atoms in total. The van der Waals surface area contributed by atoms with Crippen LogP contribution in [0.3, 0.4) is 0 Å². The van der Waals surface area contributed by atoms with Crippen LogP contribution in [-0.2, 0) is 0 Å². The molecule has 0 radical (unpaired) electrons. The molecule has 0 aliphatic rings. The van der Waals surface area contributed by atoms with Gasteiger partial charge in [0.05, 0.1) is 15.7 Å². The number of rotatable bonds is 3. The average molecular weight is 318 g/mol. The van der Waals surface area contributed by atoms with Gasteiger partial charge in [0.2, 0.25) is 0 Å². The molecule has 2 rings (SSSR count). The Morgan fingerprint density at radius 1 is 1.16 bits per heavy atom. The lowest BCUT2D eigenvalue weighted by Crippen LogP contribution is -2.07. The second kappa shape index (κ2) is 5.70. The highest BCUT2D eigenvalue weighted by molar-refractivity contribution is 7.12. The molecule has 0 saturated carbocycles. The van der Waals surface area contributed by atoms with Gasteiger partial charge in [-0.05, 0) is 44.5 Å². The Bertz CT molecular complexity index is 586. The Morgan fingerprint density at radius 2 is 1.74 bits per heavy atom. The molecule has 1 aromatic heterocycles. The minimum Gasteiger partial charge on any atom is -0.376 e. The Labute approximate surface area is 126 Å². The van der Waals surface area contributed by atoms with Gasteiger partial charge in [0.15, 0.2) is 0 Å². The van der Waals surface area contributed by atoms with E-state index >= 15 is 0 Å². The van der Waals surface area contributed by atoms with Crippen molar-refractivity contribution in [3.05, 3.63) is 49.4 Å². The predicted octanol–water partition coefficient (Wildman–Crippen LogP) is 5.98. The highest BCUT2D eigenvalue weighted by Crippen LogP contribution is 2.35. The van der Waals surface area contributed by atoms with Crippen LogP contribution in [0, 0.1) is 19.7 Å². The van der Waals surface area contributed by atoms with Gasteiger partial charge in [-0.15, -0.1) is 11.3 Å². The van der Waals surface area contributed by atoms with Gasteiger partial charge in [-0.3, -0.25) is 0 Å². The van der Waals surface area contributed by atoms with Crippen molar-refractivity contribution < 1.29 is 4.39 Å². The second-order valence-electron chi connectivity index (χ2n) is 4.48. The lowest BCUT2D eigenvalue weighted by Gasteiger charge is -2.17. The molecule has 5 heteroatoms. The van der Waals surface area contributed by atoms with Crippen LogP contribution in [0.4, 0.5) is 10.1 Å². The molecular formula is C14H14Cl2FNS. The molecule has 19 heavy (non-hydrogen) atoms. The van der Waals surface area contributed by atoms with Gasteiger partial charge in [-0.25, -0.2) is 4.39 Å². The van der Waals surface area contributed by atoms with Crippen LogP contribution < -0.4 is 5.32 Å². The smallest absolute Gasteiger partial charge is 0.126 e. The topological polar surface area (TPSA) is 12.0 Å². The van der Waals surface area contributed by atoms with Gasteiger partial charge in [-0.1, -0.05) is 23.2 Å². The fraction of sp³-hybridized carbons (Fsp3) is 0.286. The summed E-state index contributed by atoms with van der Waals surface area (Å²) in [4.78, 5) is 2.52. The first-order valence-corrected chi connectivity index (χ1v) is 7.43. The summed E-state index contributed by atoms with van der Waals surface area (Å²) in [6, 6.07) is 4.72. The van der Waals surface area contributed by atoms with E-state index in [1.165, 1.54) is 27.5 Å². The van der Waals surface area contributed by atoms with Crippen molar-refractivity contribution in [1.82, 2.24) is 0 Å². The van der Waals surface area contributed by atoms with E-state index < -0.39 is 5.82 Å². The fourth-order valence-corrected chi connectivity index (χ4v) is 3.65. The van der Waals surface area contributed by atoms with Crippen molar-refractivity contribution >= 4 is 40.2 Å². The molecule has 1 heterocycles. The Morgan fingerprint density at radius 3 is 2.21 bits per heavy atom. The zero-order valence-electron chi connectivity index (χ0n) is 10.9. The van der Waals surface area contributed by atoms with E-state index in [0.717, 1.165) is 0 Å². The van der Waals surface area contributed by atoms with E-state index in [0.29, 0.717) is 15.7 Å². The number of hydrogen-bond acceptors (Lipinski definition) is 2. The van der Waals surface area contributed by atoms with Crippen LogP contribution in [0.15, 0.2) is 18.2 Å². The van der Waals surface area contributed by atoms with Crippen molar-refractivity contribution in [1.29, 1.82) is 0 Å². The van der Waals surface area contributed by atoms with E-state index in [2.05, 4.69) is 25.2 Å². The molecule has 0 bridgehead atoms. The minimum atomic E-state index is -0.434. The fourth-order valence-electron chi connectivity index (χ4n) is 2.05. The summed E-state index contributed by atoms with van der Waals surface area (Å²) in [7, 11) is 0. The van der Waals surface area contributed by atoms with Crippen LogP contribution in [0.25, 0.3) is 0 Å². The van der Waals surface area contributed by atoms with Gasteiger partial charge < -0.3 is 5.32 Å². The molecule has 0 amide bonds. The molecular weight excluding hydrogens is 304 g/mol. The standard InChI is InChI=1S/C14H14Cl2FNS/c1-7-4-11(9(3)19-7)8(2)18-14-12(15)5-10(17)6-13(14)16/h4-6,8,18H,1-3H3. The highest BCUT2D eigenvalue weighted by atomic mass is 35.5. The average Bonchev–Trinajstić information content (AvgIpc) is 2.62. The Kier molecular flexibility index (Phi) is 4.39. The number of anilines is 1. The second-order valence-corrected chi connectivity index (χ2v) is 6.75. The first kappa shape index (κ1) is 14.6. The van der Waals surface area contributed by atoms with Crippen molar-refractivity contribution in [2.75, 3.05) is 5.32 Å². The molecule has 0 fully saturated rings. The molecule has 102 valence electrons. The maximum Gasteiger partial charge on any atom is 0.126 e. The van der Waals surface area contributed by atoms with Crippen molar-refractivity contribution in [3.63, 3.8) is 0 Å². The zero-order chi connectivity index (χ0) is 14.2. The van der Waals surface area contributed by atoms with Crippen LogP contribution in [0.5, 0.6) is 0 Å². The first-order valence-electron chi connectivity index (χ1n) is 5.86. The number of thiophene rings is 1. The Hall–Kier alpha value is -0.770. The summed E-state index contributed by atoms with van der Waals surface area (Å²) in [6.07, 6.45) is 0. The molecule has 0 saturated heterocycles. The summed E-state index contributed by atoms with van der Waals surface area (Å²) in [5.41, 5.74) is 1.78. The van der Waals surface area contributed by atoms with Gasteiger partial charge in [0.1, 0.15) is 5.82 Å². The van der Waals surface area contributed by atoms with Crippen LogP contribution in [0.2, 0.25) is 10.0 Å². The lowest BCUT2D eigenvalue weighted by molar-refractivity contribution is 0.628. The third-order valence-electron chi connectivity index (χ3n) is 2.91. The molecule has 0 aliphatic heterocycles. The third kappa shape index (κ3) is 3.22. The summed E-state index contributed by atoms with van der Waals surface area (Å²) in [5, 5.41) is 3.84. The summed E-state index contributed by atoms with van der Waals surface area (Å²) in [5.74, 6) is -0.434. The number of halogens is 3. The van der Waals surface area contributed by atoms with E-state index in [9.17, 15) is 4.39 Å². The number of benzene rings is 1. The van der Waals surface area contributed by atoms with E-state index in [1.54, 1.807) is 11.3 Å². The number of aryl methyl sites for hydroxylation is 2. The van der Waals surface area contributed by atoms with Gasteiger partial charge in [0, 0.05) is 15.8 Å². The normalized spacial score (nSPS) is 12.5. The quantitative estimate of drug-likeness (QED) is 0.733. The number of hydrogen-bond donors (Lipinski definition) is 1. The van der Waals surface area contributed by atoms with Gasteiger partial charge in [0.25, 0.3) is 0 Å². The molecule has 1 N–H and O–H groups in total. The maximum absolute atomic E-state index is 13.1. The molecule has 2 aromatic rings. The molecule has 1 aromatic carbocycles.